The summed E-state index contributed by atoms with van der Waals surface area (Å²) < 4.78 is 20.3. The first kappa shape index (κ1) is 18.3. The van der Waals surface area contributed by atoms with Crippen molar-refractivity contribution in [3.63, 3.8) is 0 Å². The zero-order valence-corrected chi connectivity index (χ0v) is 15.0. The molecule has 0 bridgehead atoms. The van der Waals surface area contributed by atoms with Crippen molar-refractivity contribution in [2.24, 2.45) is 10.2 Å². The molecule has 0 saturated heterocycles. The van der Waals surface area contributed by atoms with Crippen molar-refractivity contribution in [1.82, 2.24) is 10.2 Å². The van der Waals surface area contributed by atoms with Gasteiger partial charge in [0.2, 0.25) is 0 Å². The van der Waals surface area contributed by atoms with E-state index >= 15 is 0 Å². The van der Waals surface area contributed by atoms with Crippen molar-refractivity contribution in [3.8, 4) is 5.75 Å². The lowest BCUT2D eigenvalue weighted by atomic mass is 9.87. The number of azo groups is 1. The Bertz CT molecular complexity index is 778. The average Bonchev–Trinajstić information content (AvgIpc) is 2.86. The highest BCUT2D eigenvalue weighted by molar-refractivity contribution is 7.78. The van der Waals surface area contributed by atoms with Crippen LogP contribution in [-0.2, 0) is 28.7 Å². The van der Waals surface area contributed by atoms with Gasteiger partial charge < -0.3 is 9.66 Å². The molecule has 3 N–H and O–H groups in total. The number of nitrogens with one attached hydrogen (secondary N) is 1. The molecular formula is C16H22N4O3S. The Balaban J connectivity index is 2.38. The standard InChI is InChI=1S/C16H22N4O3S/c1-5-12-11(9-24(22)23)15(19-17-12)20-18-13-8-10(16(2,3)4)6-7-14(13)21/h6-8,21H,5,9H2,1-4H3,(H,17,19)(H,22,23). The SMILES string of the molecule is CCc1[nH]nc(N=Nc2cc(C(C)(C)C)ccc2O)c1CS(=O)O. The minimum absolute atomic E-state index is 0.0188. The second-order valence-electron chi connectivity index (χ2n) is 6.48. The Morgan fingerprint density at radius 2 is 2.00 bits per heavy atom. The van der Waals surface area contributed by atoms with Gasteiger partial charge in [-0.2, -0.15) is 5.10 Å². The number of aryl methyl sites for hydroxylation is 1. The van der Waals surface area contributed by atoms with Gasteiger partial charge in [-0.3, -0.25) is 5.10 Å². The lowest BCUT2D eigenvalue weighted by molar-refractivity contribution is 0.475. The van der Waals surface area contributed by atoms with E-state index in [1.54, 1.807) is 12.1 Å². The lowest BCUT2D eigenvalue weighted by Crippen LogP contribution is -2.10. The van der Waals surface area contributed by atoms with Crippen LogP contribution in [0.5, 0.6) is 5.75 Å². The summed E-state index contributed by atoms with van der Waals surface area (Å²) in [5, 5.41) is 25.0. The molecule has 2 aromatic rings. The Kier molecular flexibility index (Phi) is 5.51. The summed E-state index contributed by atoms with van der Waals surface area (Å²) in [5.74, 6) is 0.210. The zero-order chi connectivity index (χ0) is 17.9. The fourth-order valence-corrected chi connectivity index (χ4v) is 2.76. The third kappa shape index (κ3) is 4.27. The van der Waals surface area contributed by atoms with Gasteiger partial charge in [0.1, 0.15) is 11.4 Å². The first-order valence-corrected chi connectivity index (χ1v) is 8.88. The van der Waals surface area contributed by atoms with Crippen molar-refractivity contribution >= 4 is 22.6 Å². The molecule has 1 atom stereocenters. The van der Waals surface area contributed by atoms with Gasteiger partial charge in [-0.1, -0.05) is 33.8 Å². The van der Waals surface area contributed by atoms with Crippen molar-refractivity contribution in [3.05, 3.63) is 35.0 Å². The Labute approximate surface area is 143 Å². The molecular weight excluding hydrogens is 328 g/mol. The number of H-pyrrole nitrogens is 1. The van der Waals surface area contributed by atoms with Gasteiger partial charge in [0.25, 0.3) is 0 Å². The van der Waals surface area contributed by atoms with Gasteiger partial charge >= 0.3 is 0 Å². The first-order chi connectivity index (χ1) is 11.2. The molecule has 1 unspecified atom stereocenters. The van der Waals surface area contributed by atoms with Crippen LogP contribution in [-0.4, -0.2) is 24.1 Å². The van der Waals surface area contributed by atoms with Gasteiger partial charge in [0, 0.05) is 11.3 Å². The summed E-state index contributed by atoms with van der Waals surface area (Å²) in [6.45, 7) is 8.11. The molecule has 1 aromatic heterocycles. The summed E-state index contributed by atoms with van der Waals surface area (Å²) in [6.07, 6.45) is 0.639. The lowest BCUT2D eigenvalue weighted by Gasteiger charge is -2.19. The van der Waals surface area contributed by atoms with Crippen molar-refractivity contribution in [1.29, 1.82) is 0 Å². The van der Waals surface area contributed by atoms with E-state index in [1.807, 2.05) is 13.0 Å². The van der Waals surface area contributed by atoms with Crippen LogP contribution in [0.2, 0.25) is 0 Å². The third-order valence-corrected chi connectivity index (χ3v) is 4.18. The molecule has 0 aliphatic rings. The summed E-state index contributed by atoms with van der Waals surface area (Å²) in [7, 11) is 0. The quantitative estimate of drug-likeness (QED) is 0.556. The molecule has 0 radical (unpaired) electrons. The van der Waals surface area contributed by atoms with Crippen LogP contribution in [0.1, 0.15) is 44.5 Å². The summed E-state index contributed by atoms with van der Waals surface area (Å²) in [5.41, 5.74) is 2.58. The largest absolute Gasteiger partial charge is 0.506 e. The number of nitrogens with zero attached hydrogens (tertiary/aromatic N) is 3. The number of aromatic amines is 1. The smallest absolute Gasteiger partial charge is 0.199 e. The molecule has 1 aromatic carbocycles. The van der Waals surface area contributed by atoms with E-state index in [0.717, 1.165) is 11.3 Å². The van der Waals surface area contributed by atoms with E-state index < -0.39 is 11.1 Å². The molecule has 24 heavy (non-hydrogen) atoms. The van der Waals surface area contributed by atoms with Gasteiger partial charge in [0.15, 0.2) is 16.9 Å². The summed E-state index contributed by atoms with van der Waals surface area (Å²) >= 11 is -2.00. The molecule has 0 aliphatic carbocycles. The number of phenols is 1. The number of aromatic nitrogens is 2. The second kappa shape index (κ2) is 7.23. The van der Waals surface area contributed by atoms with Crippen LogP contribution in [0.25, 0.3) is 0 Å². The number of aromatic hydroxyl groups is 1. The van der Waals surface area contributed by atoms with E-state index in [2.05, 4.69) is 41.2 Å². The average molecular weight is 350 g/mol. The fourth-order valence-electron chi connectivity index (χ4n) is 2.21. The molecule has 0 amide bonds. The molecule has 130 valence electrons. The molecule has 0 saturated carbocycles. The van der Waals surface area contributed by atoms with E-state index in [-0.39, 0.29) is 22.7 Å². The van der Waals surface area contributed by atoms with Crippen molar-refractivity contribution < 1.29 is 13.9 Å². The highest BCUT2D eigenvalue weighted by Crippen LogP contribution is 2.34. The number of benzene rings is 1. The molecule has 0 fully saturated rings. The van der Waals surface area contributed by atoms with Gasteiger partial charge in [-0.15, -0.1) is 10.2 Å². The molecule has 0 spiro atoms. The number of hydrogen-bond donors (Lipinski definition) is 3. The van der Waals surface area contributed by atoms with Gasteiger partial charge in [0.05, 0.1) is 5.75 Å². The molecule has 7 nitrogen and oxygen atoms in total. The second-order valence-corrected chi connectivity index (χ2v) is 7.41. The Morgan fingerprint density at radius 3 is 2.58 bits per heavy atom. The van der Waals surface area contributed by atoms with E-state index in [9.17, 15) is 9.32 Å². The summed E-state index contributed by atoms with van der Waals surface area (Å²) in [4.78, 5) is 0. The third-order valence-electron chi connectivity index (χ3n) is 3.65. The van der Waals surface area contributed by atoms with Crippen LogP contribution >= 0.6 is 0 Å². The van der Waals surface area contributed by atoms with Crippen LogP contribution in [0.4, 0.5) is 11.5 Å². The van der Waals surface area contributed by atoms with Crippen molar-refractivity contribution in [2.75, 3.05) is 0 Å². The number of rotatable bonds is 5. The molecule has 8 heteroatoms. The predicted molar refractivity (Wildman–Crippen MR) is 93.4 cm³/mol. The Morgan fingerprint density at radius 1 is 1.29 bits per heavy atom. The number of hydrogen-bond acceptors (Lipinski definition) is 5. The summed E-state index contributed by atoms with van der Waals surface area (Å²) in [6, 6.07) is 5.20. The fraction of sp³-hybridized carbons (Fsp3) is 0.438. The van der Waals surface area contributed by atoms with E-state index in [4.69, 9.17) is 4.55 Å². The minimum atomic E-state index is -2.00. The highest BCUT2D eigenvalue weighted by Gasteiger charge is 2.17. The van der Waals surface area contributed by atoms with E-state index in [0.29, 0.717) is 17.7 Å². The zero-order valence-electron chi connectivity index (χ0n) is 14.2. The maximum atomic E-state index is 11.1. The minimum Gasteiger partial charge on any atom is -0.506 e. The van der Waals surface area contributed by atoms with Gasteiger partial charge in [-0.05, 0) is 29.5 Å². The van der Waals surface area contributed by atoms with Crippen LogP contribution in [0.3, 0.4) is 0 Å². The Hall–Kier alpha value is -2.06. The molecule has 1 heterocycles. The predicted octanol–water partition coefficient (Wildman–Crippen LogP) is 4.11. The highest BCUT2D eigenvalue weighted by atomic mass is 32.2. The first-order valence-electron chi connectivity index (χ1n) is 7.61. The molecule has 2 rings (SSSR count). The maximum absolute atomic E-state index is 11.1. The monoisotopic (exact) mass is 350 g/mol. The van der Waals surface area contributed by atoms with Crippen LogP contribution in [0.15, 0.2) is 28.4 Å². The van der Waals surface area contributed by atoms with Crippen LogP contribution < -0.4 is 0 Å². The number of phenolic OH excluding ortho intramolecular Hbond substituents is 1. The van der Waals surface area contributed by atoms with Crippen LogP contribution in [0, 0.1) is 0 Å². The maximum Gasteiger partial charge on any atom is 0.199 e. The normalized spacial score (nSPS) is 13.5. The molecule has 0 aliphatic heterocycles. The van der Waals surface area contributed by atoms with Crippen molar-refractivity contribution in [2.45, 2.75) is 45.3 Å². The topological polar surface area (TPSA) is 111 Å². The van der Waals surface area contributed by atoms with Gasteiger partial charge in [-0.25, -0.2) is 4.21 Å². The van der Waals surface area contributed by atoms with E-state index in [1.165, 1.54) is 0 Å².